The molecule has 0 saturated carbocycles. The normalized spacial score (nSPS) is 19.4. The smallest absolute Gasteiger partial charge is 0.179 e. The first kappa shape index (κ1) is 14.5. The number of hydrogen-bond donors (Lipinski definition) is 0. The summed E-state index contributed by atoms with van der Waals surface area (Å²) in [6.45, 7) is 1.13. The van der Waals surface area contributed by atoms with Gasteiger partial charge in [-0.05, 0) is 37.6 Å². The first-order valence-corrected chi connectivity index (χ1v) is 8.08. The van der Waals surface area contributed by atoms with Gasteiger partial charge in [0, 0.05) is 6.54 Å². The van der Waals surface area contributed by atoms with Crippen molar-refractivity contribution in [3.8, 4) is 12.1 Å². The molecule has 104 valence electrons. The summed E-state index contributed by atoms with van der Waals surface area (Å²) in [5.74, 6) is -0.0277. The first-order chi connectivity index (χ1) is 9.56. The van der Waals surface area contributed by atoms with Crippen LogP contribution in [0.2, 0.25) is 0 Å². The number of benzene rings is 1. The molecular formula is C14H15N3O2S. The van der Waals surface area contributed by atoms with Crippen molar-refractivity contribution < 1.29 is 8.42 Å². The van der Waals surface area contributed by atoms with E-state index in [9.17, 15) is 8.42 Å². The molecule has 0 radical (unpaired) electrons. The van der Waals surface area contributed by atoms with Crippen LogP contribution in [0.4, 0.5) is 0 Å². The summed E-state index contributed by atoms with van der Waals surface area (Å²) in [5, 5.41) is 17.8. The highest BCUT2D eigenvalue weighted by molar-refractivity contribution is 7.91. The van der Waals surface area contributed by atoms with Gasteiger partial charge in [0.1, 0.15) is 0 Å². The van der Waals surface area contributed by atoms with E-state index in [-0.39, 0.29) is 16.7 Å². The zero-order valence-corrected chi connectivity index (χ0v) is 11.8. The Kier molecular flexibility index (Phi) is 4.39. The summed E-state index contributed by atoms with van der Waals surface area (Å²) >= 11 is 0. The number of nitrogens with zero attached hydrogens (tertiary/aromatic N) is 3. The molecule has 1 heterocycles. The highest BCUT2D eigenvalue weighted by atomic mass is 32.2. The van der Waals surface area contributed by atoms with Crippen LogP contribution in [-0.4, -0.2) is 38.2 Å². The van der Waals surface area contributed by atoms with Crippen LogP contribution in [0.5, 0.6) is 0 Å². The SMILES string of the molecule is N#Cc1cccc(S(=O)(=O)CCN2CCCC2C#N)c1. The molecule has 0 amide bonds. The molecule has 5 nitrogen and oxygen atoms in total. The maximum absolute atomic E-state index is 12.2. The average molecular weight is 289 g/mol. The number of hydrogen-bond acceptors (Lipinski definition) is 5. The van der Waals surface area contributed by atoms with Gasteiger partial charge in [-0.15, -0.1) is 0 Å². The van der Waals surface area contributed by atoms with Gasteiger partial charge < -0.3 is 0 Å². The molecule has 2 rings (SSSR count). The van der Waals surface area contributed by atoms with E-state index >= 15 is 0 Å². The minimum atomic E-state index is -3.41. The van der Waals surface area contributed by atoms with Crippen molar-refractivity contribution in [2.45, 2.75) is 23.8 Å². The molecule has 0 spiro atoms. The van der Waals surface area contributed by atoms with Gasteiger partial charge in [-0.25, -0.2) is 8.42 Å². The Bertz CT molecular complexity index is 670. The Hall–Kier alpha value is -1.89. The van der Waals surface area contributed by atoms with Crippen LogP contribution in [0.25, 0.3) is 0 Å². The number of nitriles is 2. The van der Waals surface area contributed by atoms with E-state index in [1.54, 1.807) is 12.1 Å². The first-order valence-electron chi connectivity index (χ1n) is 6.43. The summed E-state index contributed by atoms with van der Waals surface area (Å²) in [6, 6.07) is 10.00. The fraction of sp³-hybridized carbons (Fsp3) is 0.429. The minimum absolute atomic E-state index is 0.0277. The third-order valence-electron chi connectivity index (χ3n) is 3.48. The molecule has 1 atom stereocenters. The Morgan fingerprint density at radius 3 is 2.85 bits per heavy atom. The monoisotopic (exact) mass is 289 g/mol. The molecule has 0 bridgehead atoms. The van der Waals surface area contributed by atoms with Gasteiger partial charge in [0.05, 0.1) is 34.4 Å². The van der Waals surface area contributed by atoms with Crippen molar-refractivity contribution in [3.05, 3.63) is 29.8 Å². The zero-order chi connectivity index (χ0) is 14.6. The molecule has 0 aromatic heterocycles. The van der Waals surface area contributed by atoms with E-state index in [2.05, 4.69) is 6.07 Å². The van der Waals surface area contributed by atoms with Crippen molar-refractivity contribution >= 4 is 9.84 Å². The van der Waals surface area contributed by atoms with Crippen molar-refractivity contribution in [1.29, 1.82) is 10.5 Å². The second-order valence-electron chi connectivity index (χ2n) is 4.78. The number of rotatable bonds is 4. The quantitative estimate of drug-likeness (QED) is 0.834. The van der Waals surface area contributed by atoms with E-state index in [0.29, 0.717) is 12.1 Å². The largest absolute Gasteiger partial charge is 0.287 e. The average Bonchev–Trinajstić information content (AvgIpc) is 2.93. The maximum Gasteiger partial charge on any atom is 0.179 e. The van der Waals surface area contributed by atoms with Crippen molar-refractivity contribution in [3.63, 3.8) is 0 Å². The van der Waals surface area contributed by atoms with Crippen LogP contribution >= 0.6 is 0 Å². The predicted octanol–water partition coefficient (Wildman–Crippen LogP) is 1.32. The zero-order valence-electron chi connectivity index (χ0n) is 11.0. The maximum atomic E-state index is 12.2. The van der Waals surface area contributed by atoms with Gasteiger partial charge in [0.15, 0.2) is 9.84 Å². The summed E-state index contributed by atoms with van der Waals surface area (Å²) in [4.78, 5) is 2.08. The van der Waals surface area contributed by atoms with E-state index in [1.165, 1.54) is 12.1 Å². The van der Waals surface area contributed by atoms with Crippen LogP contribution in [0.1, 0.15) is 18.4 Å². The van der Waals surface area contributed by atoms with E-state index in [1.807, 2.05) is 11.0 Å². The molecule has 1 fully saturated rings. The second kappa shape index (κ2) is 6.04. The summed E-state index contributed by atoms with van der Waals surface area (Å²) < 4.78 is 24.5. The Morgan fingerprint density at radius 1 is 1.35 bits per heavy atom. The molecule has 1 aromatic rings. The van der Waals surface area contributed by atoms with Gasteiger partial charge in [-0.3, -0.25) is 4.90 Å². The molecule has 1 aromatic carbocycles. The molecule has 0 N–H and O–H groups in total. The van der Waals surface area contributed by atoms with Crippen LogP contribution < -0.4 is 0 Å². The summed E-state index contributed by atoms with van der Waals surface area (Å²) in [5.41, 5.74) is 0.335. The molecule has 0 aliphatic carbocycles. The Balaban J connectivity index is 2.08. The molecule has 6 heteroatoms. The van der Waals surface area contributed by atoms with Gasteiger partial charge in [-0.2, -0.15) is 10.5 Å². The number of likely N-dealkylation sites (tertiary alicyclic amines) is 1. The fourth-order valence-electron chi connectivity index (χ4n) is 2.35. The van der Waals surface area contributed by atoms with Gasteiger partial charge in [0.2, 0.25) is 0 Å². The van der Waals surface area contributed by atoms with E-state index in [4.69, 9.17) is 10.5 Å². The third kappa shape index (κ3) is 3.16. The van der Waals surface area contributed by atoms with Gasteiger partial charge >= 0.3 is 0 Å². The van der Waals surface area contributed by atoms with Gasteiger partial charge in [0.25, 0.3) is 0 Å². The Morgan fingerprint density at radius 2 is 2.15 bits per heavy atom. The lowest BCUT2D eigenvalue weighted by atomic mass is 10.2. The van der Waals surface area contributed by atoms with Gasteiger partial charge in [-0.1, -0.05) is 6.07 Å². The van der Waals surface area contributed by atoms with Crippen LogP contribution in [-0.2, 0) is 9.84 Å². The fourth-order valence-corrected chi connectivity index (χ4v) is 3.66. The highest BCUT2D eigenvalue weighted by Crippen LogP contribution is 2.18. The van der Waals surface area contributed by atoms with Crippen molar-refractivity contribution in [1.82, 2.24) is 4.90 Å². The predicted molar refractivity (Wildman–Crippen MR) is 73.4 cm³/mol. The standard InChI is InChI=1S/C14H15N3O2S/c15-10-12-3-1-5-14(9-12)20(18,19)8-7-17-6-2-4-13(17)11-16/h1,3,5,9,13H,2,4,6-8H2. The van der Waals surface area contributed by atoms with E-state index in [0.717, 1.165) is 19.4 Å². The Labute approximate surface area is 119 Å². The van der Waals surface area contributed by atoms with Crippen molar-refractivity contribution in [2.75, 3.05) is 18.8 Å². The lowest BCUT2D eigenvalue weighted by Gasteiger charge is -2.18. The van der Waals surface area contributed by atoms with E-state index < -0.39 is 9.84 Å². The summed E-state index contributed by atoms with van der Waals surface area (Å²) in [7, 11) is -3.41. The highest BCUT2D eigenvalue weighted by Gasteiger charge is 2.26. The number of sulfone groups is 1. The molecule has 1 saturated heterocycles. The third-order valence-corrected chi connectivity index (χ3v) is 5.17. The molecular weight excluding hydrogens is 274 g/mol. The van der Waals surface area contributed by atoms with Crippen LogP contribution in [0.3, 0.4) is 0 Å². The molecule has 1 aliphatic rings. The molecule has 1 aliphatic heterocycles. The minimum Gasteiger partial charge on any atom is -0.287 e. The van der Waals surface area contributed by atoms with Crippen molar-refractivity contribution in [2.24, 2.45) is 0 Å². The lowest BCUT2D eigenvalue weighted by Crippen LogP contribution is -2.32. The lowest BCUT2D eigenvalue weighted by molar-refractivity contribution is 0.312. The second-order valence-corrected chi connectivity index (χ2v) is 6.89. The van der Waals surface area contributed by atoms with Crippen LogP contribution in [0, 0.1) is 22.7 Å². The molecule has 20 heavy (non-hydrogen) atoms. The molecule has 1 unspecified atom stereocenters. The van der Waals surface area contributed by atoms with Crippen LogP contribution in [0.15, 0.2) is 29.2 Å². The summed E-state index contributed by atoms with van der Waals surface area (Å²) in [6.07, 6.45) is 1.74. The topological polar surface area (TPSA) is 85.0 Å².